The summed E-state index contributed by atoms with van der Waals surface area (Å²) in [6.07, 6.45) is 10.6. The lowest BCUT2D eigenvalue weighted by Gasteiger charge is -2.37. The van der Waals surface area contributed by atoms with Gasteiger partial charge in [0.15, 0.2) is 42.5 Å². The Morgan fingerprint density at radius 3 is 1.27 bits per heavy atom. The minimum absolute atomic E-state index is 0.0119. The molecule has 15 nitrogen and oxygen atoms in total. The van der Waals surface area contributed by atoms with Crippen molar-refractivity contribution in [1.82, 2.24) is 0 Å². The van der Waals surface area contributed by atoms with Crippen LogP contribution < -0.4 is 0 Å². The predicted octanol–water partition coefficient (Wildman–Crippen LogP) is 10.4. The quantitative estimate of drug-likeness (QED) is 0.0804. The number of hydrogen-bond acceptors (Lipinski definition) is 15. The maximum absolute atomic E-state index is 11.0. The number of halogens is 7. The molecule has 4 aliphatic rings. The lowest BCUT2D eigenvalue weighted by molar-refractivity contribution is -0.146. The van der Waals surface area contributed by atoms with Gasteiger partial charge in [0.25, 0.3) is 0 Å². The van der Waals surface area contributed by atoms with Crippen LogP contribution in [0.25, 0.3) is 0 Å². The van der Waals surface area contributed by atoms with Crippen LogP contribution >= 0.6 is 81.2 Å². The van der Waals surface area contributed by atoms with Crippen molar-refractivity contribution in [2.75, 3.05) is 55.7 Å². The van der Waals surface area contributed by atoms with E-state index in [0.29, 0.717) is 37.5 Å². The van der Waals surface area contributed by atoms with Crippen molar-refractivity contribution >= 4 is 123 Å². The number of carbonyl (C=O) groups is 7. The van der Waals surface area contributed by atoms with Gasteiger partial charge in [-0.3, -0.25) is 33.6 Å². The lowest BCUT2D eigenvalue weighted by Crippen LogP contribution is -2.29. The second-order valence-corrected chi connectivity index (χ2v) is 16.8. The third-order valence-electron chi connectivity index (χ3n) is 9.29. The topological polar surface area (TPSA) is 193 Å². The maximum atomic E-state index is 11.0. The number of carbonyl (C=O) groups excluding carboxylic acids is 7. The van der Waals surface area contributed by atoms with Crippen LogP contribution in [-0.2, 0) is 71.5 Å². The predicted molar refractivity (Wildman–Crippen MR) is 242 cm³/mol. The number of esters is 7. The summed E-state index contributed by atoms with van der Waals surface area (Å²) < 4.78 is 36.5. The van der Waals surface area contributed by atoms with Crippen LogP contribution in [0.2, 0.25) is 0 Å². The first-order valence-electron chi connectivity index (χ1n) is 20.3. The SMILES string of the molecule is CC(=O)OCCl.CC(C)C(=O)OCCl.CC1(CC(=O)OCCl)CC1.CC1(CC(=O)OCCl)CCC1.CC1CC1C(=O)OCCl.CCC(=O)OCCl.O=C(CC1CCOCC1)OCCl. The molecule has 4 rings (SSSR count). The van der Waals surface area contributed by atoms with Gasteiger partial charge < -0.3 is 37.9 Å². The molecule has 0 radical (unpaired) electrons. The number of ether oxygens (including phenoxy) is 8. The molecule has 2 atom stereocenters. The fourth-order valence-corrected chi connectivity index (χ4v) is 5.70. The smallest absolute Gasteiger partial charge is 0.310 e. The summed E-state index contributed by atoms with van der Waals surface area (Å²) in [4.78, 5) is 73.7. The third kappa shape index (κ3) is 41.5. The first kappa shape index (κ1) is 65.6. The van der Waals surface area contributed by atoms with E-state index in [0.717, 1.165) is 58.2 Å². The molecule has 22 heteroatoms. The van der Waals surface area contributed by atoms with Crippen LogP contribution in [-0.4, -0.2) is 97.5 Å². The third-order valence-corrected chi connectivity index (χ3v) is 10.1. The zero-order valence-electron chi connectivity index (χ0n) is 37.4. The zero-order chi connectivity index (χ0) is 48.9. The van der Waals surface area contributed by atoms with Crippen molar-refractivity contribution in [3.05, 3.63) is 0 Å². The summed E-state index contributed by atoms with van der Waals surface area (Å²) >= 11 is 35.9. The average Bonchev–Trinajstić information content (AvgIpc) is 4.13. The summed E-state index contributed by atoms with van der Waals surface area (Å²) in [6.45, 7) is 14.3. The monoisotopic (exact) mass is 1040 g/mol. The Kier molecular flexibility index (Phi) is 42.2. The van der Waals surface area contributed by atoms with Crippen molar-refractivity contribution in [2.24, 2.45) is 34.5 Å². The second kappa shape index (κ2) is 40.5. The van der Waals surface area contributed by atoms with E-state index in [-0.39, 0.29) is 107 Å². The molecular weight excluding hydrogens is 981 g/mol. The van der Waals surface area contributed by atoms with Gasteiger partial charge in [0.05, 0.1) is 24.7 Å². The number of hydrogen-bond donors (Lipinski definition) is 0. The highest BCUT2D eigenvalue weighted by Crippen LogP contribution is 2.48. The van der Waals surface area contributed by atoms with Gasteiger partial charge in [-0.1, -0.05) is 129 Å². The van der Waals surface area contributed by atoms with Gasteiger partial charge in [-0.05, 0) is 67.6 Å². The van der Waals surface area contributed by atoms with E-state index in [2.05, 4.69) is 47.0 Å². The highest BCUT2D eigenvalue weighted by atomic mass is 35.5. The molecular formula is C41H67Cl7O15. The maximum Gasteiger partial charge on any atom is 0.310 e. The van der Waals surface area contributed by atoms with Gasteiger partial charge in [-0.15, -0.1) is 0 Å². The van der Waals surface area contributed by atoms with E-state index in [1.165, 1.54) is 13.3 Å². The van der Waals surface area contributed by atoms with Crippen LogP contribution in [0.1, 0.15) is 126 Å². The van der Waals surface area contributed by atoms with Gasteiger partial charge in [0.1, 0.15) is 0 Å². The van der Waals surface area contributed by atoms with E-state index < -0.39 is 0 Å². The van der Waals surface area contributed by atoms with Gasteiger partial charge in [-0.25, -0.2) is 0 Å². The molecule has 0 aromatic heterocycles. The average molecular weight is 1050 g/mol. The largest absolute Gasteiger partial charge is 0.450 e. The molecule has 0 aromatic carbocycles. The highest BCUT2D eigenvalue weighted by Gasteiger charge is 2.40. The Labute approximate surface area is 408 Å². The van der Waals surface area contributed by atoms with Crippen LogP contribution in [0.4, 0.5) is 0 Å². The van der Waals surface area contributed by atoms with Crippen molar-refractivity contribution in [2.45, 2.75) is 126 Å². The van der Waals surface area contributed by atoms with Crippen LogP contribution in [0.15, 0.2) is 0 Å². The fourth-order valence-electron chi connectivity index (χ4n) is 4.85. The van der Waals surface area contributed by atoms with Gasteiger partial charge >= 0.3 is 41.8 Å². The Morgan fingerprint density at radius 1 is 0.603 bits per heavy atom. The van der Waals surface area contributed by atoms with Crippen LogP contribution in [0, 0.1) is 34.5 Å². The van der Waals surface area contributed by atoms with E-state index in [4.69, 9.17) is 85.9 Å². The van der Waals surface area contributed by atoms with E-state index >= 15 is 0 Å². The Balaban J connectivity index is -0.000000675. The molecule has 370 valence electrons. The highest BCUT2D eigenvalue weighted by molar-refractivity contribution is 6.18. The first-order chi connectivity index (χ1) is 29.7. The summed E-state index contributed by atoms with van der Waals surface area (Å²) in [5.74, 6) is -0.515. The first-order valence-corrected chi connectivity index (χ1v) is 24.0. The molecule has 2 unspecified atom stereocenters. The van der Waals surface area contributed by atoms with Gasteiger partial charge in [0, 0.05) is 33.0 Å². The molecule has 1 saturated heterocycles. The molecule has 0 aromatic rings. The minimum Gasteiger partial charge on any atom is -0.450 e. The summed E-state index contributed by atoms with van der Waals surface area (Å²) in [6, 6.07) is -0.215. The summed E-state index contributed by atoms with van der Waals surface area (Å²) in [7, 11) is 0. The standard InChI is InChI=1S/C8H13ClO3.C8H13ClO2.C7H11ClO2.C6H9ClO2.C5H9ClO2.C4H7ClO2.C3H5ClO2/c9-6-12-8(10)5-7-1-3-11-4-2-7;1-8(3-2-4-8)5-7(10)11-6-9;1-7(2-3-7)4-6(9)10-5-8;1-4-2-5(4)6(8)9-3-7;1-4(2)5(7)8-3-6;1-2-4(6)7-3-5;1-3(5)6-2-4/h7H,1-6H2;2-6H2,1H3;2-5H2,1H3;4-5H,2-3H2,1H3;4H,3H2,1-2H3;2-3H2,1H3;2H2,1H3. The molecule has 0 bridgehead atoms. The zero-order valence-corrected chi connectivity index (χ0v) is 42.7. The fraction of sp³-hybridized carbons (Fsp3) is 0.829. The molecule has 0 spiro atoms. The van der Waals surface area contributed by atoms with Crippen molar-refractivity contribution in [1.29, 1.82) is 0 Å². The number of rotatable bonds is 16. The Hall–Kier alpha value is -1.72. The second-order valence-electron chi connectivity index (χ2n) is 15.3. The molecule has 1 aliphatic heterocycles. The van der Waals surface area contributed by atoms with Gasteiger partial charge in [-0.2, -0.15) is 0 Å². The molecule has 3 aliphatic carbocycles. The van der Waals surface area contributed by atoms with Crippen LogP contribution in [0.5, 0.6) is 0 Å². The van der Waals surface area contributed by atoms with Crippen LogP contribution in [0.3, 0.4) is 0 Å². The van der Waals surface area contributed by atoms with Gasteiger partial charge in [0.2, 0.25) is 0 Å². The van der Waals surface area contributed by atoms with Crippen molar-refractivity contribution < 1.29 is 71.5 Å². The molecule has 3 saturated carbocycles. The van der Waals surface area contributed by atoms with E-state index in [9.17, 15) is 33.6 Å². The lowest BCUT2D eigenvalue weighted by atomic mass is 9.68. The minimum atomic E-state index is -0.343. The molecule has 4 fully saturated rings. The molecule has 63 heavy (non-hydrogen) atoms. The van der Waals surface area contributed by atoms with E-state index in [1.807, 2.05) is 6.92 Å². The molecule has 0 amide bonds. The Bertz CT molecular complexity index is 1280. The van der Waals surface area contributed by atoms with Crippen molar-refractivity contribution in [3.8, 4) is 0 Å². The summed E-state index contributed by atoms with van der Waals surface area (Å²) in [5, 5.41) is 0. The Morgan fingerprint density at radius 2 is 1.00 bits per heavy atom. The normalized spacial score (nSPS) is 17.8. The molecule has 0 N–H and O–H groups in total. The summed E-state index contributed by atoms with van der Waals surface area (Å²) in [5.41, 5.74) is 0.451. The van der Waals surface area contributed by atoms with E-state index in [1.54, 1.807) is 20.8 Å². The van der Waals surface area contributed by atoms with Crippen molar-refractivity contribution in [3.63, 3.8) is 0 Å². The molecule has 1 heterocycles. The number of alkyl halides is 7.